The lowest BCUT2D eigenvalue weighted by atomic mass is 10.0. The van der Waals surface area contributed by atoms with E-state index in [2.05, 4.69) is 4.57 Å². The first-order valence-corrected chi connectivity index (χ1v) is 9.96. The van der Waals surface area contributed by atoms with Gasteiger partial charge in [0, 0.05) is 35.6 Å². The van der Waals surface area contributed by atoms with Crippen molar-refractivity contribution in [2.24, 2.45) is 0 Å². The standard InChI is InChI=1S/C22H26ClN3O3/c1-14-12-18(15(2)25(14)11-10-16-6-8-17(23)9-7-16)19(27)13-26-20(28)22(3,4)24(5)21(26)29/h6-9,12H,10-11,13H2,1-5H3. The van der Waals surface area contributed by atoms with Crippen LogP contribution in [0, 0.1) is 13.8 Å². The number of amides is 3. The first-order valence-electron chi connectivity index (χ1n) is 9.58. The summed E-state index contributed by atoms with van der Waals surface area (Å²) >= 11 is 5.94. The van der Waals surface area contributed by atoms with Gasteiger partial charge in [-0.3, -0.25) is 14.5 Å². The lowest BCUT2D eigenvalue weighted by Crippen LogP contribution is -2.42. The number of aryl methyl sites for hydroxylation is 2. The number of hydrogen-bond acceptors (Lipinski definition) is 3. The number of ketones is 1. The Kier molecular flexibility index (Phi) is 5.59. The number of nitrogens with zero attached hydrogens (tertiary/aromatic N) is 3. The topological polar surface area (TPSA) is 62.6 Å². The van der Waals surface area contributed by atoms with E-state index in [0.717, 1.165) is 34.8 Å². The maximum Gasteiger partial charge on any atom is 0.327 e. The summed E-state index contributed by atoms with van der Waals surface area (Å²) in [5.41, 5.74) is 2.58. The number of halogens is 1. The van der Waals surface area contributed by atoms with Gasteiger partial charge in [0.15, 0.2) is 5.78 Å². The molecule has 2 heterocycles. The average Bonchev–Trinajstić information content (AvgIpc) is 3.03. The van der Waals surface area contributed by atoms with E-state index in [0.29, 0.717) is 10.6 Å². The molecule has 0 spiro atoms. The van der Waals surface area contributed by atoms with E-state index in [1.54, 1.807) is 20.9 Å². The van der Waals surface area contributed by atoms with Crippen molar-refractivity contribution in [2.75, 3.05) is 13.6 Å². The van der Waals surface area contributed by atoms with Crippen molar-refractivity contribution in [1.82, 2.24) is 14.4 Å². The van der Waals surface area contributed by atoms with Crippen LogP contribution in [0.5, 0.6) is 0 Å². The quantitative estimate of drug-likeness (QED) is 0.531. The molecule has 0 radical (unpaired) electrons. The van der Waals surface area contributed by atoms with Crippen molar-refractivity contribution < 1.29 is 14.4 Å². The van der Waals surface area contributed by atoms with Crippen molar-refractivity contribution in [3.05, 3.63) is 57.9 Å². The van der Waals surface area contributed by atoms with Gasteiger partial charge < -0.3 is 9.47 Å². The van der Waals surface area contributed by atoms with E-state index in [1.807, 2.05) is 44.2 Å². The van der Waals surface area contributed by atoms with Gasteiger partial charge in [-0.15, -0.1) is 0 Å². The number of carbonyl (C=O) groups is 3. The molecule has 0 N–H and O–H groups in total. The Morgan fingerprint density at radius 1 is 1.10 bits per heavy atom. The Morgan fingerprint density at radius 3 is 2.28 bits per heavy atom. The van der Waals surface area contributed by atoms with Gasteiger partial charge in [-0.05, 0) is 57.9 Å². The Balaban J connectivity index is 1.75. The van der Waals surface area contributed by atoms with Crippen LogP contribution in [0.25, 0.3) is 0 Å². The van der Waals surface area contributed by atoms with Crippen LogP contribution >= 0.6 is 11.6 Å². The highest BCUT2D eigenvalue weighted by Crippen LogP contribution is 2.26. The average molecular weight is 416 g/mol. The predicted molar refractivity (Wildman–Crippen MR) is 112 cm³/mol. The van der Waals surface area contributed by atoms with Gasteiger partial charge in [0.25, 0.3) is 5.91 Å². The van der Waals surface area contributed by atoms with Gasteiger partial charge in [0.05, 0.1) is 6.54 Å². The minimum atomic E-state index is -0.938. The van der Waals surface area contributed by atoms with Crippen LogP contribution in [-0.4, -0.2) is 51.2 Å². The minimum Gasteiger partial charge on any atom is -0.348 e. The number of carbonyl (C=O) groups excluding carboxylic acids is 3. The smallest absolute Gasteiger partial charge is 0.327 e. The Bertz CT molecular complexity index is 976. The van der Waals surface area contributed by atoms with E-state index < -0.39 is 11.6 Å². The molecule has 0 saturated carbocycles. The van der Waals surface area contributed by atoms with Crippen LogP contribution in [0.15, 0.2) is 30.3 Å². The molecule has 29 heavy (non-hydrogen) atoms. The fourth-order valence-corrected chi connectivity index (χ4v) is 3.79. The summed E-state index contributed by atoms with van der Waals surface area (Å²) < 4.78 is 2.09. The Morgan fingerprint density at radius 2 is 1.72 bits per heavy atom. The number of aromatic nitrogens is 1. The monoisotopic (exact) mass is 415 g/mol. The van der Waals surface area contributed by atoms with Crippen LogP contribution < -0.4 is 0 Å². The summed E-state index contributed by atoms with van der Waals surface area (Å²) in [6.45, 7) is 7.69. The molecular formula is C22H26ClN3O3. The molecule has 2 aromatic rings. The lowest BCUT2D eigenvalue weighted by molar-refractivity contribution is -0.131. The highest BCUT2D eigenvalue weighted by Gasteiger charge is 2.49. The number of rotatable bonds is 6. The second kappa shape index (κ2) is 7.67. The third-order valence-corrected chi connectivity index (χ3v) is 6.09. The van der Waals surface area contributed by atoms with Crippen LogP contribution in [0.2, 0.25) is 5.02 Å². The van der Waals surface area contributed by atoms with Crippen molar-refractivity contribution >= 4 is 29.3 Å². The van der Waals surface area contributed by atoms with E-state index in [4.69, 9.17) is 11.6 Å². The number of benzene rings is 1. The summed E-state index contributed by atoms with van der Waals surface area (Å²) in [6, 6.07) is 9.11. The number of likely N-dealkylation sites (N-methyl/N-ethyl adjacent to an activating group) is 1. The lowest BCUT2D eigenvalue weighted by Gasteiger charge is -2.22. The van der Waals surface area contributed by atoms with Gasteiger partial charge in [0.2, 0.25) is 0 Å². The van der Waals surface area contributed by atoms with Gasteiger partial charge in [0.1, 0.15) is 5.54 Å². The van der Waals surface area contributed by atoms with Crippen LogP contribution in [0.3, 0.4) is 0 Å². The predicted octanol–water partition coefficient (Wildman–Crippen LogP) is 3.86. The fraction of sp³-hybridized carbons (Fsp3) is 0.409. The zero-order valence-corrected chi connectivity index (χ0v) is 18.2. The van der Waals surface area contributed by atoms with Gasteiger partial charge in [-0.2, -0.15) is 0 Å². The third kappa shape index (κ3) is 3.81. The first-order chi connectivity index (χ1) is 13.5. The highest BCUT2D eigenvalue weighted by atomic mass is 35.5. The van der Waals surface area contributed by atoms with Crippen LogP contribution in [0.4, 0.5) is 4.79 Å². The Hall–Kier alpha value is -2.60. The van der Waals surface area contributed by atoms with Crippen molar-refractivity contribution in [3.63, 3.8) is 0 Å². The molecule has 7 heteroatoms. The van der Waals surface area contributed by atoms with E-state index in [9.17, 15) is 14.4 Å². The van der Waals surface area contributed by atoms with Gasteiger partial charge >= 0.3 is 6.03 Å². The maximum absolute atomic E-state index is 12.9. The second-order valence-corrected chi connectivity index (χ2v) is 8.46. The molecule has 1 fully saturated rings. The maximum atomic E-state index is 12.9. The SMILES string of the molecule is Cc1cc(C(=O)CN2C(=O)N(C)C(C)(C)C2=O)c(C)n1CCc1ccc(Cl)cc1. The summed E-state index contributed by atoms with van der Waals surface area (Å²) in [6.07, 6.45) is 0.809. The zero-order valence-electron chi connectivity index (χ0n) is 17.5. The summed E-state index contributed by atoms with van der Waals surface area (Å²) in [5, 5.41) is 0.704. The molecule has 1 aromatic heterocycles. The summed E-state index contributed by atoms with van der Waals surface area (Å²) in [4.78, 5) is 40.3. The molecule has 6 nitrogen and oxygen atoms in total. The second-order valence-electron chi connectivity index (χ2n) is 8.03. The van der Waals surface area contributed by atoms with E-state index in [1.165, 1.54) is 4.90 Å². The molecule has 0 atom stereocenters. The molecule has 154 valence electrons. The molecular weight excluding hydrogens is 390 g/mol. The molecule has 1 aromatic carbocycles. The first kappa shape index (κ1) is 21.1. The number of urea groups is 1. The van der Waals surface area contributed by atoms with Crippen LogP contribution in [-0.2, 0) is 17.8 Å². The number of imide groups is 1. The largest absolute Gasteiger partial charge is 0.348 e. The molecule has 1 aliphatic rings. The number of Topliss-reactive ketones (excluding diaryl/α,β-unsaturated/α-hetero) is 1. The molecule has 3 amide bonds. The molecule has 0 bridgehead atoms. The van der Waals surface area contributed by atoms with Crippen molar-refractivity contribution in [3.8, 4) is 0 Å². The zero-order chi connectivity index (χ0) is 21.5. The third-order valence-electron chi connectivity index (χ3n) is 5.84. The van der Waals surface area contributed by atoms with E-state index in [-0.39, 0.29) is 18.2 Å². The van der Waals surface area contributed by atoms with E-state index >= 15 is 0 Å². The summed E-state index contributed by atoms with van der Waals surface area (Å²) in [7, 11) is 1.58. The molecule has 0 unspecified atom stereocenters. The molecule has 0 aliphatic carbocycles. The Labute approximate surface area is 176 Å². The minimum absolute atomic E-state index is 0.233. The van der Waals surface area contributed by atoms with Gasteiger partial charge in [-0.1, -0.05) is 23.7 Å². The fourth-order valence-electron chi connectivity index (χ4n) is 3.67. The molecule has 1 saturated heterocycles. The van der Waals surface area contributed by atoms with Gasteiger partial charge in [-0.25, -0.2) is 4.79 Å². The molecule has 1 aliphatic heterocycles. The van der Waals surface area contributed by atoms with Crippen molar-refractivity contribution in [1.29, 1.82) is 0 Å². The normalized spacial score (nSPS) is 16.1. The summed E-state index contributed by atoms with van der Waals surface area (Å²) in [5.74, 6) is -0.585. The van der Waals surface area contributed by atoms with Crippen molar-refractivity contribution in [2.45, 2.75) is 46.2 Å². The number of hydrogen-bond donors (Lipinski definition) is 0. The van der Waals surface area contributed by atoms with Crippen LogP contribution in [0.1, 0.15) is 41.2 Å². The molecule has 3 rings (SSSR count). The highest BCUT2D eigenvalue weighted by molar-refractivity contribution is 6.30.